The van der Waals surface area contributed by atoms with E-state index >= 15 is 0 Å². The SMILES string of the molecule is COc1cc(C(=O)N2CC[C@@H](C(=O)O)C2)ccc1C. The fourth-order valence-electron chi connectivity index (χ4n) is 2.28. The van der Waals surface area contributed by atoms with Crippen LogP contribution in [0.3, 0.4) is 0 Å². The van der Waals surface area contributed by atoms with Crippen LogP contribution in [0, 0.1) is 12.8 Å². The molecule has 1 aliphatic heterocycles. The first-order valence-electron chi connectivity index (χ1n) is 6.19. The van der Waals surface area contributed by atoms with Gasteiger partial charge < -0.3 is 14.7 Å². The zero-order chi connectivity index (χ0) is 14.0. The number of benzene rings is 1. The Hall–Kier alpha value is -2.04. The summed E-state index contributed by atoms with van der Waals surface area (Å²) < 4.78 is 5.19. The van der Waals surface area contributed by atoms with E-state index in [1.165, 1.54) is 0 Å². The Bertz CT molecular complexity index is 512. The van der Waals surface area contributed by atoms with E-state index in [9.17, 15) is 9.59 Å². The quantitative estimate of drug-likeness (QED) is 0.898. The smallest absolute Gasteiger partial charge is 0.308 e. The van der Waals surface area contributed by atoms with Gasteiger partial charge in [0.2, 0.25) is 0 Å². The largest absolute Gasteiger partial charge is 0.496 e. The molecule has 0 radical (unpaired) electrons. The molecule has 0 aliphatic carbocycles. The van der Waals surface area contributed by atoms with E-state index in [-0.39, 0.29) is 12.5 Å². The first-order valence-corrected chi connectivity index (χ1v) is 6.19. The molecular weight excluding hydrogens is 246 g/mol. The molecule has 1 amide bonds. The number of nitrogens with zero attached hydrogens (tertiary/aromatic N) is 1. The number of carboxylic acid groups (broad SMARTS) is 1. The van der Waals surface area contributed by atoms with Gasteiger partial charge in [0.1, 0.15) is 5.75 Å². The standard InChI is InChI=1S/C14H17NO4/c1-9-3-4-10(7-12(9)19-2)13(16)15-6-5-11(8-15)14(17)18/h3-4,7,11H,5-6,8H2,1-2H3,(H,17,18)/t11-/m1/s1. The number of methoxy groups -OCH3 is 1. The Kier molecular flexibility index (Phi) is 3.74. The van der Waals surface area contributed by atoms with Crippen LogP contribution < -0.4 is 4.74 Å². The number of carbonyl (C=O) groups excluding carboxylic acids is 1. The molecule has 0 saturated carbocycles. The van der Waals surface area contributed by atoms with Gasteiger partial charge in [-0.3, -0.25) is 9.59 Å². The fourth-order valence-corrected chi connectivity index (χ4v) is 2.28. The summed E-state index contributed by atoms with van der Waals surface area (Å²) >= 11 is 0. The van der Waals surface area contributed by atoms with E-state index in [2.05, 4.69) is 0 Å². The van der Waals surface area contributed by atoms with Crippen molar-refractivity contribution >= 4 is 11.9 Å². The van der Waals surface area contributed by atoms with Gasteiger partial charge in [-0.05, 0) is 31.0 Å². The maximum Gasteiger partial charge on any atom is 0.308 e. The van der Waals surface area contributed by atoms with E-state index in [1.807, 2.05) is 13.0 Å². The number of hydrogen-bond acceptors (Lipinski definition) is 3. The number of aryl methyl sites for hydroxylation is 1. The zero-order valence-corrected chi connectivity index (χ0v) is 11.0. The summed E-state index contributed by atoms with van der Waals surface area (Å²) in [4.78, 5) is 24.8. The van der Waals surface area contributed by atoms with Gasteiger partial charge in [-0.15, -0.1) is 0 Å². The molecule has 0 aromatic heterocycles. The third-order valence-corrected chi connectivity index (χ3v) is 3.48. The van der Waals surface area contributed by atoms with Crippen molar-refractivity contribution in [3.05, 3.63) is 29.3 Å². The molecule has 0 bridgehead atoms. The number of hydrogen-bond donors (Lipinski definition) is 1. The first-order chi connectivity index (χ1) is 9.02. The summed E-state index contributed by atoms with van der Waals surface area (Å²) in [6.07, 6.45) is 0.518. The molecule has 1 saturated heterocycles. The number of rotatable bonds is 3. The summed E-state index contributed by atoms with van der Waals surface area (Å²) in [6, 6.07) is 5.27. The van der Waals surface area contributed by atoms with Crippen molar-refractivity contribution in [2.45, 2.75) is 13.3 Å². The van der Waals surface area contributed by atoms with Crippen LogP contribution in [0.15, 0.2) is 18.2 Å². The van der Waals surface area contributed by atoms with Gasteiger partial charge in [-0.2, -0.15) is 0 Å². The third-order valence-electron chi connectivity index (χ3n) is 3.48. The molecule has 5 nitrogen and oxygen atoms in total. The van der Waals surface area contributed by atoms with Gasteiger partial charge in [0.05, 0.1) is 13.0 Å². The van der Waals surface area contributed by atoms with Gasteiger partial charge in [-0.25, -0.2) is 0 Å². The predicted octanol–water partition coefficient (Wildman–Crippen LogP) is 1.55. The average molecular weight is 263 g/mol. The number of carbonyl (C=O) groups is 2. The molecule has 1 N–H and O–H groups in total. The number of carboxylic acids is 1. The molecule has 0 spiro atoms. The Labute approximate surface area is 111 Å². The molecule has 1 fully saturated rings. The topological polar surface area (TPSA) is 66.8 Å². The molecule has 2 rings (SSSR count). The lowest BCUT2D eigenvalue weighted by Crippen LogP contribution is -2.29. The highest BCUT2D eigenvalue weighted by atomic mass is 16.5. The van der Waals surface area contributed by atoms with Crippen molar-refractivity contribution in [1.82, 2.24) is 4.90 Å². The van der Waals surface area contributed by atoms with Gasteiger partial charge in [-0.1, -0.05) is 6.07 Å². The lowest BCUT2D eigenvalue weighted by Gasteiger charge is -2.16. The second kappa shape index (κ2) is 5.30. The average Bonchev–Trinajstić information content (AvgIpc) is 2.88. The maximum absolute atomic E-state index is 12.3. The minimum atomic E-state index is -0.836. The maximum atomic E-state index is 12.3. The molecule has 19 heavy (non-hydrogen) atoms. The van der Waals surface area contributed by atoms with E-state index in [1.54, 1.807) is 24.1 Å². The monoisotopic (exact) mass is 263 g/mol. The molecule has 1 aromatic rings. The molecule has 102 valence electrons. The van der Waals surface area contributed by atoms with Crippen molar-refractivity contribution in [3.8, 4) is 5.75 Å². The molecule has 1 aliphatic rings. The zero-order valence-electron chi connectivity index (χ0n) is 11.0. The second-order valence-electron chi connectivity index (χ2n) is 4.76. The minimum absolute atomic E-state index is 0.137. The van der Waals surface area contributed by atoms with E-state index in [0.29, 0.717) is 24.3 Å². The highest BCUT2D eigenvalue weighted by Gasteiger charge is 2.31. The highest BCUT2D eigenvalue weighted by Crippen LogP contribution is 2.23. The lowest BCUT2D eigenvalue weighted by atomic mass is 10.1. The van der Waals surface area contributed by atoms with Crippen LogP contribution in [-0.4, -0.2) is 42.1 Å². The summed E-state index contributed by atoms with van der Waals surface area (Å²) in [5.41, 5.74) is 1.50. The fraction of sp³-hybridized carbons (Fsp3) is 0.429. The Morgan fingerprint density at radius 2 is 2.16 bits per heavy atom. The van der Waals surface area contributed by atoms with Crippen LogP contribution in [0.2, 0.25) is 0 Å². The molecule has 1 aromatic carbocycles. The highest BCUT2D eigenvalue weighted by molar-refractivity contribution is 5.95. The van der Waals surface area contributed by atoms with E-state index in [4.69, 9.17) is 9.84 Å². The lowest BCUT2D eigenvalue weighted by molar-refractivity contribution is -0.141. The van der Waals surface area contributed by atoms with Crippen LogP contribution in [0.5, 0.6) is 5.75 Å². The van der Waals surface area contributed by atoms with Crippen molar-refractivity contribution in [2.24, 2.45) is 5.92 Å². The van der Waals surface area contributed by atoms with Crippen molar-refractivity contribution in [2.75, 3.05) is 20.2 Å². The summed E-state index contributed by atoms with van der Waals surface area (Å²) in [7, 11) is 1.56. The molecule has 1 heterocycles. The van der Waals surface area contributed by atoms with Gasteiger partial charge in [0.25, 0.3) is 5.91 Å². The van der Waals surface area contributed by atoms with Gasteiger partial charge in [0, 0.05) is 18.7 Å². The van der Waals surface area contributed by atoms with Crippen LogP contribution >= 0.6 is 0 Å². The van der Waals surface area contributed by atoms with Crippen LogP contribution in [-0.2, 0) is 4.79 Å². The Balaban J connectivity index is 2.14. The number of amides is 1. The molecule has 0 unspecified atom stereocenters. The van der Waals surface area contributed by atoms with E-state index in [0.717, 1.165) is 5.56 Å². The predicted molar refractivity (Wildman–Crippen MR) is 69.4 cm³/mol. The van der Waals surface area contributed by atoms with Gasteiger partial charge in [0.15, 0.2) is 0 Å². The summed E-state index contributed by atoms with van der Waals surface area (Å²) in [5, 5.41) is 8.94. The van der Waals surface area contributed by atoms with Crippen LogP contribution in [0.1, 0.15) is 22.3 Å². The minimum Gasteiger partial charge on any atom is -0.496 e. The molecule has 5 heteroatoms. The first kappa shape index (κ1) is 13.4. The van der Waals surface area contributed by atoms with Crippen LogP contribution in [0.25, 0.3) is 0 Å². The van der Waals surface area contributed by atoms with Crippen molar-refractivity contribution in [3.63, 3.8) is 0 Å². The molecule has 1 atom stereocenters. The Morgan fingerprint density at radius 1 is 1.42 bits per heavy atom. The second-order valence-corrected chi connectivity index (χ2v) is 4.76. The third kappa shape index (κ3) is 2.70. The van der Waals surface area contributed by atoms with Crippen LogP contribution in [0.4, 0.5) is 0 Å². The Morgan fingerprint density at radius 3 is 2.74 bits per heavy atom. The summed E-state index contributed by atoms with van der Waals surface area (Å²) in [6.45, 7) is 2.68. The summed E-state index contributed by atoms with van der Waals surface area (Å²) in [5.74, 6) is -0.755. The van der Waals surface area contributed by atoms with Gasteiger partial charge >= 0.3 is 5.97 Å². The van der Waals surface area contributed by atoms with E-state index < -0.39 is 11.9 Å². The number of aliphatic carboxylic acids is 1. The number of likely N-dealkylation sites (tertiary alicyclic amines) is 1. The molecular formula is C14H17NO4. The van der Waals surface area contributed by atoms with Crippen molar-refractivity contribution < 1.29 is 19.4 Å². The normalized spacial score (nSPS) is 18.4. The number of ether oxygens (including phenoxy) is 1. The van der Waals surface area contributed by atoms with Crippen molar-refractivity contribution in [1.29, 1.82) is 0 Å².